The quantitative estimate of drug-likeness (QED) is 0.919. The SMILES string of the molecule is Cc1ccc(C(O)CC2CCOc3ccccc32)c(F)c1. The van der Waals surface area contributed by atoms with Crippen LogP contribution in [0, 0.1) is 12.7 Å². The monoisotopic (exact) mass is 286 g/mol. The summed E-state index contributed by atoms with van der Waals surface area (Å²) in [5.74, 6) is 0.749. The second-order valence-corrected chi connectivity index (χ2v) is 5.65. The standard InChI is InChI=1S/C18H19FO2/c1-12-6-7-15(16(19)10-12)17(20)11-13-8-9-21-18-5-3-2-4-14(13)18/h2-7,10,13,17,20H,8-9,11H2,1H3. The molecule has 2 nitrogen and oxygen atoms in total. The third kappa shape index (κ3) is 2.93. The lowest BCUT2D eigenvalue weighted by molar-refractivity contribution is 0.141. The van der Waals surface area contributed by atoms with Gasteiger partial charge in [0.25, 0.3) is 0 Å². The number of aliphatic hydroxyl groups is 1. The number of rotatable bonds is 3. The highest BCUT2D eigenvalue weighted by Gasteiger charge is 2.25. The summed E-state index contributed by atoms with van der Waals surface area (Å²) < 4.78 is 19.6. The molecule has 0 aliphatic carbocycles. The van der Waals surface area contributed by atoms with Gasteiger partial charge in [0.1, 0.15) is 11.6 Å². The molecule has 0 bridgehead atoms. The molecule has 0 aromatic heterocycles. The van der Waals surface area contributed by atoms with Crippen molar-refractivity contribution < 1.29 is 14.2 Å². The van der Waals surface area contributed by atoms with Crippen LogP contribution in [0.5, 0.6) is 5.75 Å². The third-order valence-corrected chi connectivity index (χ3v) is 4.11. The number of benzene rings is 2. The van der Waals surface area contributed by atoms with Crippen molar-refractivity contribution in [2.75, 3.05) is 6.61 Å². The first-order valence-electron chi connectivity index (χ1n) is 7.31. The van der Waals surface area contributed by atoms with E-state index in [-0.39, 0.29) is 11.7 Å². The molecule has 0 radical (unpaired) electrons. The summed E-state index contributed by atoms with van der Waals surface area (Å²) in [5.41, 5.74) is 2.35. The number of aryl methyl sites for hydroxylation is 1. The molecule has 0 saturated carbocycles. The van der Waals surface area contributed by atoms with Gasteiger partial charge in [-0.1, -0.05) is 30.3 Å². The van der Waals surface area contributed by atoms with Gasteiger partial charge in [0.05, 0.1) is 12.7 Å². The van der Waals surface area contributed by atoms with E-state index in [9.17, 15) is 9.50 Å². The molecular formula is C18H19FO2. The number of halogens is 1. The van der Waals surface area contributed by atoms with Crippen LogP contribution in [0.3, 0.4) is 0 Å². The molecule has 1 N–H and O–H groups in total. The summed E-state index contributed by atoms with van der Waals surface area (Å²) in [5, 5.41) is 10.4. The summed E-state index contributed by atoms with van der Waals surface area (Å²) in [6.07, 6.45) is 0.573. The van der Waals surface area contributed by atoms with Crippen LogP contribution in [-0.2, 0) is 0 Å². The van der Waals surface area contributed by atoms with Crippen LogP contribution in [-0.4, -0.2) is 11.7 Å². The predicted molar refractivity (Wildman–Crippen MR) is 80.0 cm³/mol. The molecule has 21 heavy (non-hydrogen) atoms. The fraction of sp³-hybridized carbons (Fsp3) is 0.333. The highest BCUT2D eigenvalue weighted by Crippen LogP contribution is 2.39. The zero-order chi connectivity index (χ0) is 14.8. The first-order chi connectivity index (χ1) is 10.1. The van der Waals surface area contributed by atoms with Crippen LogP contribution in [0.4, 0.5) is 4.39 Å². The molecule has 0 amide bonds. The van der Waals surface area contributed by atoms with Crippen LogP contribution >= 0.6 is 0 Å². The number of aliphatic hydroxyl groups excluding tert-OH is 1. The molecular weight excluding hydrogens is 267 g/mol. The van der Waals surface area contributed by atoms with Crippen LogP contribution in [0.15, 0.2) is 42.5 Å². The lowest BCUT2D eigenvalue weighted by Crippen LogP contribution is -2.17. The van der Waals surface area contributed by atoms with E-state index in [4.69, 9.17) is 4.74 Å². The smallest absolute Gasteiger partial charge is 0.129 e. The number of hydrogen-bond acceptors (Lipinski definition) is 2. The molecule has 2 aromatic rings. The second kappa shape index (κ2) is 5.86. The van der Waals surface area contributed by atoms with Crippen LogP contribution < -0.4 is 4.74 Å². The van der Waals surface area contributed by atoms with Crippen LogP contribution in [0.25, 0.3) is 0 Å². The minimum atomic E-state index is -0.790. The topological polar surface area (TPSA) is 29.5 Å². The third-order valence-electron chi connectivity index (χ3n) is 4.11. The van der Waals surface area contributed by atoms with Gasteiger partial charge < -0.3 is 9.84 Å². The number of para-hydroxylation sites is 1. The Bertz CT molecular complexity index is 639. The molecule has 1 heterocycles. The molecule has 2 aromatic carbocycles. The Kier molecular flexibility index (Phi) is 3.93. The normalized spacial score (nSPS) is 18.7. The maximum atomic E-state index is 14.0. The Balaban J connectivity index is 1.81. The van der Waals surface area contributed by atoms with E-state index in [0.29, 0.717) is 18.6 Å². The zero-order valence-electron chi connectivity index (χ0n) is 12.1. The number of hydrogen-bond donors (Lipinski definition) is 1. The second-order valence-electron chi connectivity index (χ2n) is 5.65. The summed E-state index contributed by atoms with van der Waals surface area (Å²) in [6, 6.07) is 12.9. The number of fused-ring (bicyclic) bond motifs is 1. The largest absolute Gasteiger partial charge is 0.493 e. The van der Waals surface area contributed by atoms with E-state index in [2.05, 4.69) is 0 Å². The van der Waals surface area contributed by atoms with Gasteiger partial charge in [-0.15, -0.1) is 0 Å². The summed E-state index contributed by atoms with van der Waals surface area (Å²) in [7, 11) is 0. The maximum absolute atomic E-state index is 14.0. The fourth-order valence-electron chi connectivity index (χ4n) is 2.96. The molecule has 0 fully saturated rings. The van der Waals surface area contributed by atoms with E-state index in [1.165, 1.54) is 6.07 Å². The average Bonchev–Trinajstić information content (AvgIpc) is 2.47. The van der Waals surface area contributed by atoms with Crippen LogP contribution in [0.2, 0.25) is 0 Å². The van der Waals surface area contributed by atoms with Crippen molar-refractivity contribution in [3.8, 4) is 5.75 Å². The van der Waals surface area contributed by atoms with Crippen molar-refractivity contribution in [3.05, 3.63) is 65.0 Å². The highest BCUT2D eigenvalue weighted by atomic mass is 19.1. The molecule has 3 rings (SSSR count). The van der Waals surface area contributed by atoms with Crippen molar-refractivity contribution in [1.29, 1.82) is 0 Å². The van der Waals surface area contributed by atoms with Crippen molar-refractivity contribution in [3.63, 3.8) is 0 Å². The van der Waals surface area contributed by atoms with Gasteiger partial charge in [-0.2, -0.15) is 0 Å². The van der Waals surface area contributed by atoms with Gasteiger partial charge in [-0.3, -0.25) is 0 Å². The Morgan fingerprint density at radius 2 is 2.10 bits per heavy atom. The van der Waals surface area contributed by atoms with Gasteiger partial charge in [0.15, 0.2) is 0 Å². The van der Waals surface area contributed by atoms with E-state index < -0.39 is 6.10 Å². The first-order valence-corrected chi connectivity index (χ1v) is 7.31. The molecule has 1 aliphatic heterocycles. The van der Waals surface area contributed by atoms with Gasteiger partial charge in [0.2, 0.25) is 0 Å². The minimum absolute atomic E-state index is 0.200. The molecule has 3 heteroatoms. The number of ether oxygens (including phenoxy) is 1. The van der Waals surface area contributed by atoms with E-state index in [1.54, 1.807) is 6.07 Å². The van der Waals surface area contributed by atoms with Crippen molar-refractivity contribution in [2.45, 2.75) is 31.8 Å². The lowest BCUT2D eigenvalue weighted by atomic mass is 9.86. The maximum Gasteiger partial charge on any atom is 0.129 e. The Morgan fingerprint density at radius 3 is 2.90 bits per heavy atom. The Labute approximate surface area is 124 Å². The summed E-state index contributed by atoms with van der Waals surface area (Å²) >= 11 is 0. The van der Waals surface area contributed by atoms with E-state index in [0.717, 1.165) is 23.3 Å². The highest BCUT2D eigenvalue weighted by molar-refractivity contribution is 5.38. The Hall–Kier alpha value is -1.87. The van der Waals surface area contributed by atoms with Gasteiger partial charge in [-0.05, 0) is 48.9 Å². The molecule has 2 atom stereocenters. The summed E-state index contributed by atoms with van der Waals surface area (Å²) in [4.78, 5) is 0. The predicted octanol–water partition coefficient (Wildman–Crippen LogP) is 4.12. The molecule has 110 valence electrons. The summed E-state index contributed by atoms with van der Waals surface area (Å²) in [6.45, 7) is 2.48. The average molecular weight is 286 g/mol. The van der Waals surface area contributed by atoms with Gasteiger partial charge >= 0.3 is 0 Å². The zero-order valence-corrected chi connectivity index (χ0v) is 12.1. The van der Waals surface area contributed by atoms with Gasteiger partial charge in [0, 0.05) is 5.56 Å². The fourth-order valence-corrected chi connectivity index (χ4v) is 2.96. The van der Waals surface area contributed by atoms with Gasteiger partial charge in [-0.25, -0.2) is 4.39 Å². The molecule has 0 spiro atoms. The van der Waals surface area contributed by atoms with E-state index >= 15 is 0 Å². The lowest BCUT2D eigenvalue weighted by Gasteiger charge is -2.27. The molecule has 0 saturated heterocycles. The molecule has 2 unspecified atom stereocenters. The first kappa shape index (κ1) is 14.1. The van der Waals surface area contributed by atoms with Crippen LogP contribution in [0.1, 0.15) is 41.6 Å². The van der Waals surface area contributed by atoms with Crippen molar-refractivity contribution in [2.24, 2.45) is 0 Å². The minimum Gasteiger partial charge on any atom is -0.493 e. The van der Waals surface area contributed by atoms with Crippen molar-refractivity contribution >= 4 is 0 Å². The van der Waals surface area contributed by atoms with Crippen molar-refractivity contribution in [1.82, 2.24) is 0 Å². The Morgan fingerprint density at radius 1 is 1.29 bits per heavy atom. The van der Waals surface area contributed by atoms with E-state index in [1.807, 2.05) is 37.3 Å². The molecule has 1 aliphatic rings.